The molecule has 2 amide bonds. The third kappa shape index (κ3) is 4.38. The number of anilines is 1. The Balaban J connectivity index is 1.23. The summed E-state index contributed by atoms with van der Waals surface area (Å²) in [6.07, 6.45) is 1.04. The van der Waals surface area contributed by atoms with Crippen LogP contribution in [0.4, 0.5) is 10.5 Å². The number of benzene rings is 3. The smallest absolute Gasteiger partial charge is 0.411 e. The predicted octanol–water partition coefficient (Wildman–Crippen LogP) is 5.39. The average Bonchev–Trinajstić information content (AvgIpc) is 3.14. The second-order valence-corrected chi connectivity index (χ2v) is 10.0. The van der Waals surface area contributed by atoms with Crippen molar-refractivity contribution in [1.29, 1.82) is 0 Å². The zero-order valence-electron chi connectivity index (χ0n) is 18.7. The highest BCUT2D eigenvalue weighted by Gasteiger charge is 2.45. The maximum absolute atomic E-state index is 12.6. The van der Waals surface area contributed by atoms with Gasteiger partial charge in [0.2, 0.25) is 0 Å². The molecule has 5 rings (SSSR count). The van der Waals surface area contributed by atoms with E-state index in [9.17, 15) is 19.5 Å². The lowest BCUT2D eigenvalue weighted by molar-refractivity contribution is -0.148. The summed E-state index contributed by atoms with van der Waals surface area (Å²) >= 11 is 2.03. The van der Waals surface area contributed by atoms with Crippen molar-refractivity contribution in [3.63, 3.8) is 0 Å². The van der Waals surface area contributed by atoms with E-state index in [1.807, 2.05) is 46.9 Å². The lowest BCUT2D eigenvalue weighted by Gasteiger charge is -2.38. The number of amides is 2. The zero-order chi connectivity index (χ0) is 24.6. The van der Waals surface area contributed by atoms with Gasteiger partial charge < -0.3 is 15.2 Å². The molecule has 178 valence electrons. The van der Waals surface area contributed by atoms with Gasteiger partial charge in [-0.25, -0.2) is 9.59 Å². The average molecular weight is 582 g/mol. The van der Waals surface area contributed by atoms with Crippen LogP contribution in [-0.2, 0) is 9.53 Å². The summed E-state index contributed by atoms with van der Waals surface area (Å²) in [5, 5.41) is 14.8. The lowest BCUT2D eigenvalue weighted by atomic mass is 9.76. The van der Waals surface area contributed by atoms with E-state index in [1.165, 1.54) is 0 Å². The van der Waals surface area contributed by atoms with E-state index in [2.05, 4.69) is 34.9 Å². The Morgan fingerprint density at radius 2 is 1.60 bits per heavy atom. The Morgan fingerprint density at radius 1 is 0.971 bits per heavy atom. The fraction of sp³-hybridized carbons (Fsp3) is 0.222. The Morgan fingerprint density at radius 3 is 2.14 bits per heavy atom. The van der Waals surface area contributed by atoms with E-state index in [0.29, 0.717) is 27.7 Å². The van der Waals surface area contributed by atoms with Crippen molar-refractivity contribution in [3.8, 4) is 11.1 Å². The van der Waals surface area contributed by atoms with Gasteiger partial charge in [0.15, 0.2) is 0 Å². The Bertz CT molecular complexity index is 1290. The van der Waals surface area contributed by atoms with Crippen molar-refractivity contribution in [2.45, 2.75) is 30.7 Å². The van der Waals surface area contributed by atoms with Gasteiger partial charge in [0.05, 0.1) is 5.69 Å². The number of ether oxygens (including phenoxy) is 1. The summed E-state index contributed by atoms with van der Waals surface area (Å²) in [6, 6.07) is 21.1. The topological polar surface area (TPSA) is 105 Å². The first-order chi connectivity index (χ1) is 16.9. The Kier molecular flexibility index (Phi) is 6.22. The summed E-state index contributed by atoms with van der Waals surface area (Å²) < 4.78 is 6.23. The molecule has 0 aromatic heterocycles. The molecule has 3 aromatic rings. The van der Waals surface area contributed by atoms with Crippen molar-refractivity contribution in [3.05, 3.63) is 87.0 Å². The Labute approximate surface area is 216 Å². The van der Waals surface area contributed by atoms with Crippen LogP contribution in [-0.4, -0.2) is 35.2 Å². The maximum Gasteiger partial charge on any atom is 0.411 e. The van der Waals surface area contributed by atoms with Gasteiger partial charge in [-0.2, -0.15) is 0 Å². The van der Waals surface area contributed by atoms with Crippen LogP contribution in [0.5, 0.6) is 0 Å². The number of halogens is 1. The highest BCUT2D eigenvalue weighted by Crippen LogP contribution is 2.44. The third-order valence-electron chi connectivity index (χ3n) is 6.78. The molecule has 7 nitrogen and oxygen atoms in total. The number of hydrogen-bond donors (Lipinski definition) is 3. The predicted molar refractivity (Wildman–Crippen MR) is 140 cm³/mol. The number of nitrogens with one attached hydrogen (secondary N) is 2. The van der Waals surface area contributed by atoms with E-state index >= 15 is 0 Å². The first-order valence-electron chi connectivity index (χ1n) is 11.4. The van der Waals surface area contributed by atoms with Gasteiger partial charge in [-0.3, -0.25) is 10.1 Å². The van der Waals surface area contributed by atoms with E-state index in [-0.39, 0.29) is 12.5 Å². The molecule has 2 aliphatic carbocycles. The molecule has 0 bridgehead atoms. The molecule has 0 aliphatic heterocycles. The minimum atomic E-state index is -1.18. The fourth-order valence-electron chi connectivity index (χ4n) is 4.71. The summed E-state index contributed by atoms with van der Waals surface area (Å²) in [5.41, 5.74) is 4.25. The molecule has 0 atom stereocenters. The zero-order valence-corrected chi connectivity index (χ0v) is 20.9. The molecule has 3 aromatic carbocycles. The summed E-state index contributed by atoms with van der Waals surface area (Å²) in [7, 11) is 0. The van der Waals surface area contributed by atoms with Crippen molar-refractivity contribution < 1.29 is 24.2 Å². The number of carbonyl (C=O) groups excluding carboxylic acids is 2. The molecule has 0 radical (unpaired) electrons. The van der Waals surface area contributed by atoms with Gasteiger partial charge in [-0.1, -0.05) is 48.5 Å². The fourth-order valence-corrected chi connectivity index (χ4v) is 5.36. The minimum absolute atomic E-state index is 0.0358. The number of carboxylic acid groups (broad SMARTS) is 1. The van der Waals surface area contributed by atoms with Crippen LogP contribution in [0.15, 0.2) is 66.7 Å². The second-order valence-electron chi connectivity index (χ2n) is 8.84. The van der Waals surface area contributed by atoms with Gasteiger partial charge in [-0.05, 0) is 82.3 Å². The summed E-state index contributed by atoms with van der Waals surface area (Å²) in [4.78, 5) is 36.7. The lowest BCUT2D eigenvalue weighted by Crippen LogP contribution is -2.59. The van der Waals surface area contributed by atoms with Crippen molar-refractivity contribution in [1.82, 2.24) is 5.32 Å². The number of carbonyl (C=O) groups is 3. The molecule has 0 heterocycles. The molecule has 0 spiro atoms. The Hall–Kier alpha value is -3.40. The second kappa shape index (κ2) is 9.33. The molecule has 1 saturated carbocycles. The largest absolute Gasteiger partial charge is 0.480 e. The molecule has 1 fully saturated rings. The first kappa shape index (κ1) is 23.3. The molecule has 0 unspecified atom stereocenters. The summed E-state index contributed by atoms with van der Waals surface area (Å²) in [6.45, 7) is 0.203. The molecule has 35 heavy (non-hydrogen) atoms. The molecule has 3 N–H and O–H groups in total. The highest BCUT2D eigenvalue weighted by molar-refractivity contribution is 14.1. The monoisotopic (exact) mass is 582 g/mol. The van der Waals surface area contributed by atoms with Gasteiger partial charge in [0, 0.05) is 15.1 Å². The normalized spacial score (nSPS) is 15.3. The SMILES string of the molecule is O=C(Nc1ccc(C(=O)NC2(C(=O)O)CCC2)cc1I)OCC1c2ccccc2-c2ccccc21. The number of hydrogen-bond acceptors (Lipinski definition) is 4. The van der Waals surface area contributed by atoms with E-state index in [0.717, 1.165) is 28.7 Å². The minimum Gasteiger partial charge on any atom is -0.480 e. The number of fused-ring (bicyclic) bond motifs is 3. The number of rotatable bonds is 6. The van der Waals surface area contributed by atoms with Crippen molar-refractivity contribution in [2.75, 3.05) is 11.9 Å². The standard InChI is InChI=1S/C27H23IN2O5/c28-22-14-16(24(31)30-27(25(32)33)12-5-13-27)10-11-23(22)29-26(34)35-15-21-19-8-3-1-6-17(19)18-7-2-4-9-20(18)21/h1-4,6-11,14,21H,5,12-13,15H2,(H,29,34)(H,30,31)(H,32,33). The molecular weight excluding hydrogens is 559 g/mol. The van der Waals surface area contributed by atoms with Crippen molar-refractivity contribution >= 4 is 46.2 Å². The quantitative estimate of drug-likeness (QED) is 0.339. The van der Waals surface area contributed by atoms with Gasteiger partial charge in [0.25, 0.3) is 5.91 Å². The van der Waals surface area contributed by atoms with Crippen LogP contribution in [0.3, 0.4) is 0 Å². The first-order valence-corrected chi connectivity index (χ1v) is 12.4. The molecule has 2 aliphatic rings. The van der Waals surface area contributed by atoms with Gasteiger partial charge >= 0.3 is 12.1 Å². The van der Waals surface area contributed by atoms with Crippen LogP contribution >= 0.6 is 22.6 Å². The van der Waals surface area contributed by atoms with Crippen LogP contribution in [0.1, 0.15) is 46.7 Å². The van der Waals surface area contributed by atoms with Crippen molar-refractivity contribution in [2.24, 2.45) is 0 Å². The third-order valence-corrected chi connectivity index (χ3v) is 7.67. The number of carboxylic acids is 1. The van der Waals surface area contributed by atoms with Crippen LogP contribution in [0.2, 0.25) is 0 Å². The molecule has 0 saturated heterocycles. The van der Waals surface area contributed by atoms with E-state index in [4.69, 9.17) is 4.74 Å². The van der Waals surface area contributed by atoms with Gasteiger partial charge in [0.1, 0.15) is 12.1 Å². The highest BCUT2D eigenvalue weighted by atomic mass is 127. The van der Waals surface area contributed by atoms with Crippen LogP contribution < -0.4 is 10.6 Å². The molecule has 8 heteroatoms. The number of aliphatic carboxylic acids is 1. The maximum atomic E-state index is 12.6. The van der Waals surface area contributed by atoms with Crippen LogP contribution in [0, 0.1) is 3.57 Å². The summed E-state index contributed by atoms with van der Waals surface area (Å²) in [5.74, 6) is -1.50. The molecular formula is C27H23IN2O5. The van der Waals surface area contributed by atoms with E-state index < -0.39 is 23.5 Å². The van der Waals surface area contributed by atoms with Crippen LogP contribution in [0.25, 0.3) is 11.1 Å². The van der Waals surface area contributed by atoms with E-state index in [1.54, 1.807) is 18.2 Å². The van der Waals surface area contributed by atoms with Gasteiger partial charge in [-0.15, -0.1) is 0 Å².